The molecule has 0 saturated carbocycles. The zero-order valence-electron chi connectivity index (χ0n) is 11.5. The smallest absolute Gasteiger partial charge is 0.418 e. The lowest BCUT2D eigenvalue weighted by Crippen LogP contribution is -2.47. The molecule has 1 atom stereocenters. The quantitative estimate of drug-likeness (QED) is 0.876. The van der Waals surface area contributed by atoms with Crippen LogP contribution in [-0.2, 0) is 6.18 Å². The molecule has 118 valence electrons. The number of carbonyl (C=O) groups is 1. The molecule has 1 aromatic carbocycles. The highest BCUT2D eigenvalue weighted by Crippen LogP contribution is 2.37. The first-order chi connectivity index (χ1) is 10.3. The lowest BCUT2D eigenvalue weighted by molar-refractivity contribution is -0.137. The van der Waals surface area contributed by atoms with Gasteiger partial charge in [0.15, 0.2) is 0 Å². The predicted octanol–water partition coefficient (Wildman–Crippen LogP) is 3.48. The first-order valence-electron chi connectivity index (χ1n) is 6.71. The van der Waals surface area contributed by atoms with Crippen LogP contribution in [0.2, 0.25) is 0 Å². The molecule has 1 aliphatic rings. The first-order valence-corrected chi connectivity index (χ1v) is 6.71. The number of halogens is 3. The minimum Gasteiger partial charge on any atom is -0.465 e. The highest BCUT2D eigenvalue weighted by Gasteiger charge is 2.36. The van der Waals surface area contributed by atoms with Crippen molar-refractivity contribution >= 4 is 11.8 Å². The van der Waals surface area contributed by atoms with Crippen molar-refractivity contribution in [2.24, 2.45) is 0 Å². The number of carboxylic acid groups (broad SMARTS) is 1. The summed E-state index contributed by atoms with van der Waals surface area (Å²) >= 11 is 0. The van der Waals surface area contributed by atoms with Crippen molar-refractivity contribution < 1.29 is 23.1 Å². The number of nitrogens with one attached hydrogen (secondary N) is 1. The standard InChI is InChI=1S/C14H14F3N3O2/c15-14(16,17)10-5-3-4-9(8-18)12(10)19-11-6-1-2-7-20(11)13(21)22/h3-5,11,19H,1-2,6-7H2,(H,21,22). The third-order valence-corrected chi connectivity index (χ3v) is 3.55. The number of nitriles is 1. The maximum atomic E-state index is 13.1. The minimum atomic E-state index is -4.63. The van der Waals surface area contributed by atoms with E-state index in [0.717, 1.165) is 17.0 Å². The number of nitrogens with zero attached hydrogens (tertiary/aromatic N) is 2. The Morgan fingerprint density at radius 2 is 2.14 bits per heavy atom. The van der Waals surface area contributed by atoms with Crippen LogP contribution >= 0.6 is 0 Å². The summed E-state index contributed by atoms with van der Waals surface area (Å²) in [7, 11) is 0. The molecule has 2 N–H and O–H groups in total. The van der Waals surface area contributed by atoms with Crippen molar-refractivity contribution in [3.63, 3.8) is 0 Å². The zero-order valence-corrected chi connectivity index (χ0v) is 11.5. The Kier molecular flexibility index (Phi) is 4.45. The highest BCUT2D eigenvalue weighted by molar-refractivity contribution is 5.68. The number of likely N-dealkylation sites (tertiary alicyclic amines) is 1. The predicted molar refractivity (Wildman–Crippen MR) is 72.2 cm³/mol. The monoisotopic (exact) mass is 313 g/mol. The van der Waals surface area contributed by atoms with E-state index in [0.29, 0.717) is 19.3 Å². The number of amides is 1. The van der Waals surface area contributed by atoms with Gasteiger partial charge in [-0.15, -0.1) is 0 Å². The molecule has 0 bridgehead atoms. The van der Waals surface area contributed by atoms with E-state index in [1.807, 2.05) is 0 Å². The van der Waals surface area contributed by atoms with Crippen molar-refractivity contribution in [3.8, 4) is 6.07 Å². The molecule has 1 aliphatic heterocycles. The minimum absolute atomic E-state index is 0.161. The highest BCUT2D eigenvalue weighted by atomic mass is 19.4. The lowest BCUT2D eigenvalue weighted by Gasteiger charge is -2.35. The van der Waals surface area contributed by atoms with Crippen molar-refractivity contribution in [2.75, 3.05) is 11.9 Å². The van der Waals surface area contributed by atoms with Gasteiger partial charge in [-0.3, -0.25) is 4.90 Å². The second-order valence-corrected chi connectivity index (χ2v) is 4.97. The van der Waals surface area contributed by atoms with Gasteiger partial charge in [-0.25, -0.2) is 4.79 Å². The Bertz CT molecular complexity index is 610. The summed E-state index contributed by atoms with van der Waals surface area (Å²) in [5.41, 5.74) is -1.50. The zero-order chi connectivity index (χ0) is 16.3. The van der Waals surface area contributed by atoms with Crippen LogP contribution in [0.25, 0.3) is 0 Å². The molecule has 1 amide bonds. The van der Waals surface area contributed by atoms with Gasteiger partial charge in [-0.05, 0) is 31.4 Å². The molecule has 1 fully saturated rings. The average molecular weight is 313 g/mol. The maximum Gasteiger partial charge on any atom is 0.418 e. The molecule has 5 nitrogen and oxygen atoms in total. The van der Waals surface area contributed by atoms with Gasteiger partial charge in [0.05, 0.1) is 16.8 Å². The summed E-state index contributed by atoms with van der Waals surface area (Å²) < 4.78 is 39.3. The second-order valence-electron chi connectivity index (χ2n) is 4.97. The molecule has 0 spiro atoms. The van der Waals surface area contributed by atoms with E-state index in [4.69, 9.17) is 10.4 Å². The van der Waals surface area contributed by atoms with Crippen LogP contribution in [0.15, 0.2) is 18.2 Å². The summed E-state index contributed by atoms with van der Waals surface area (Å²) in [6.07, 6.45) is -4.84. The van der Waals surface area contributed by atoms with E-state index in [2.05, 4.69) is 5.32 Å². The Balaban J connectivity index is 2.39. The first kappa shape index (κ1) is 15.9. The van der Waals surface area contributed by atoms with Crippen molar-refractivity contribution in [2.45, 2.75) is 31.6 Å². The van der Waals surface area contributed by atoms with Gasteiger partial charge in [0, 0.05) is 6.54 Å². The van der Waals surface area contributed by atoms with Gasteiger partial charge >= 0.3 is 12.3 Å². The van der Waals surface area contributed by atoms with Gasteiger partial charge in [0.2, 0.25) is 0 Å². The van der Waals surface area contributed by atoms with E-state index < -0.39 is 24.0 Å². The van der Waals surface area contributed by atoms with Crippen LogP contribution in [0.3, 0.4) is 0 Å². The van der Waals surface area contributed by atoms with Gasteiger partial charge < -0.3 is 10.4 Å². The molecule has 1 saturated heterocycles. The lowest BCUT2D eigenvalue weighted by atomic mass is 10.0. The Morgan fingerprint density at radius 1 is 1.41 bits per heavy atom. The molecule has 0 aliphatic carbocycles. The van der Waals surface area contributed by atoms with Crippen molar-refractivity contribution in [1.82, 2.24) is 4.90 Å². The number of hydrogen-bond acceptors (Lipinski definition) is 3. The molecule has 8 heteroatoms. The largest absolute Gasteiger partial charge is 0.465 e. The maximum absolute atomic E-state index is 13.1. The van der Waals surface area contributed by atoms with E-state index in [-0.39, 0.29) is 17.8 Å². The van der Waals surface area contributed by atoms with Crippen molar-refractivity contribution in [1.29, 1.82) is 5.26 Å². The average Bonchev–Trinajstić information content (AvgIpc) is 2.46. The number of piperidine rings is 1. The summed E-state index contributed by atoms with van der Waals surface area (Å²) in [6.45, 7) is 0.253. The van der Waals surface area contributed by atoms with Crippen molar-refractivity contribution in [3.05, 3.63) is 29.3 Å². The van der Waals surface area contributed by atoms with Crippen LogP contribution in [0, 0.1) is 11.3 Å². The normalized spacial score (nSPS) is 18.6. The summed E-state index contributed by atoms with van der Waals surface area (Å²) in [4.78, 5) is 12.3. The number of para-hydroxylation sites is 1. The van der Waals surface area contributed by atoms with E-state index in [1.165, 1.54) is 6.07 Å². The summed E-state index contributed by atoms with van der Waals surface area (Å²) in [5, 5.41) is 20.8. The molecule has 0 aromatic heterocycles. The second kappa shape index (κ2) is 6.13. The van der Waals surface area contributed by atoms with Crippen LogP contribution in [0.1, 0.15) is 30.4 Å². The molecule has 22 heavy (non-hydrogen) atoms. The number of rotatable bonds is 2. The van der Waals surface area contributed by atoms with Crippen LogP contribution in [0.5, 0.6) is 0 Å². The van der Waals surface area contributed by atoms with Crippen LogP contribution in [0.4, 0.5) is 23.7 Å². The summed E-state index contributed by atoms with van der Waals surface area (Å²) in [5.74, 6) is 0. The Hall–Kier alpha value is -2.43. The van der Waals surface area contributed by atoms with Gasteiger partial charge in [0.1, 0.15) is 12.2 Å². The van der Waals surface area contributed by atoms with Gasteiger partial charge in [0.25, 0.3) is 0 Å². The third-order valence-electron chi connectivity index (χ3n) is 3.55. The number of anilines is 1. The molecule has 1 aromatic rings. The fourth-order valence-electron chi connectivity index (χ4n) is 2.51. The molecular weight excluding hydrogens is 299 g/mol. The van der Waals surface area contributed by atoms with Gasteiger partial charge in [-0.1, -0.05) is 6.07 Å². The van der Waals surface area contributed by atoms with Gasteiger partial charge in [-0.2, -0.15) is 18.4 Å². The third kappa shape index (κ3) is 3.24. The molecule has 2 rings (SSSR count). The fourth-order valence-corrected chi connectivity index (χ4v) is 2.51. The van der Waals surface area contributed by atoms with E-state index in [1.54, 1.807) is 6.07 Å². The topological polar surface area (TPSA) is 76.4 Å². The van der Waals surface area contributed by atoms with Crippen LogP contribution in [-0.4, -0.2) is 28.8 Å². The number of benzene rings is 1. The fraction of sp³-hybridized carbons (Fsp3) is 0.429. The van der Waals surface area contributed by atoms with E-state index in [9.17, 15) is 18.0 Å². The molecule has 1 heterocycles. The Morgan fingerprint density at radius 3 is 2.73 bits per heavy atom. The summed E-state index contributed by atoms with van der Waals surface area (Å²) in [6, 6.07) is 5.01. The molecule has 1 unspecified atom stereocenters. The number of hydrogen-bond donors (Lipinski definition) is 2. The molecular formula is C14H14F3N3O2. The number of alkyl halides is 3. The molecule has 0 radical (unpaired) electrons. The SMILES string of the molecule is N#Cc1cccc(C(F)(F)F)c1NC1CCCCN1C(=O)O. The van der Waals surface area contributed by atoms with Crippen LogP contribution < -0.4 is 5.32 Å². The van der Waals surface area contributed by atoms with E-state index >= 15 is 0 Å². The Labute approximate surface area is 124 Å².